The number of carboxylic acid groups (broad SMARTS) is 1. The Morgan fingerprint density at radius 1 is 1.32 bits per heavy atom. The van der Waals surface area contributed by atoms with Crippen molar-refractivity contribution in [2.75, 3.05) is 6.54 Å². The molecule has 0 bridgehead atoms. The molecule has 1 saturated heterocycles. The molecule has 0 saturated carbocycles. The lowest BCUT2D eigenvalue weighted by atomic mass is 10.1. The molecule has 5 nitrogen and oxygen atoms in total. The van der Waals surface area contributed by atoms with Gasteiger partial charge >= 0.3 is 5.97 Å². The Hall–Kier alpha value is -1.30. The minimum atomic E-state index is -1.15. The average Bonchev–Trinajstić information content (AvgIpc) is 2.74. The molecule has 1 aromatic carbocycles. The fourth-order valence-corrected chi connectivity index (χ4v) is 2.48. The van der Waals surface area contributed by atoms with E-state index in [4.69, 9.17) is 28.3 Å². The molecule has 1 unspecified atom stereocenters. The van der Waals surface area contributed by atoms with Gasteiger partial charge in [0.05, 0.1) is 21.7 Å². The predicted octanol–water partition coefficient (Wildman–Crippen LogP) is 1.65. The maximum Gasteiger partial charge on any atom is 0.326 e. The van der Waals surface area contributed by atoms with Crippen LogP contribution in [0.3, 0.4) is 0 Å². The van der Waals surface area contributed by atoms with Crippen molar-refractivity contribution in [2.24, 2.45) is 0 Å². The highest BCUT2D eigenvalue weighted by atomic mass is 35.5. The molecule has 1 amide bonds. The van der Waals surface area contributed by atoms with Crippen LogP contribution in [-0.4, -0.2) is 45.7 Å². The van der Waals surface area contributed by atoms with Crippen molar-refractivity contribution in [3.05, 3.63) is 33.8 Å². The zero-order valence-corrected chi connectivity index (χ0v) is 11.2. The standard InChI is InChI=1S/C12H11Cl2NO4/c13-8-3-1-2-7(10(8)14)11(17)15-5-6(16)4-9(15)12(18)19/h1-3,6,9,16H,4-5H2,(H,18,19)/t6?,9-/m0/s1. The second kappa shape index (κ2) is 5.36. The van der Waals surface area contributed by atoms with Crippen molar-refractivity contribution in [3.8, 4) is 0 Å². The van der Waals surface area contributed by atoms with Crippen LogP contribution < -0.4 is 0 Å². The SMILES string of the molecule is O=C(O)[C@@H]1CC(O)CN1C(=O)c1cccc(Cl)c1Cl. The number of amides is 1. The van der Waals surface area contributed by atoms with Crippen molar-refractivity contribution < 1.29 is 19.8 Å². The number of benzene rings is 1. The second-order valence-corrected chi connectivity index (χ2v) is 5.09. The molecule has 0 radical (unpaired) electrons. The topological polar surface area (TPSA) is 77.8 Å². The van der Waals surface area contributed by atoms with Gasteiger partial charge in [-0.3, -0.25) is 4.79 Å². The van der Waals surface area contributed by atoms with Crippen LogP contribution in [0.4, 0.5) is 0 Å². The van der Waals surface area contributed by atoms with Crippen LogP contribution in [-0.2, 0) is 4.79 Å². The molecule has 1 fully saturated rings. The van der Waals surface area contributed by atoms with E-state index < -0.39 is 24.0 Å². The number of nitrogens with zero attached hydrogens (tertiary/aromatic N) is 1. The zero-order valence-electron chi connectivity index (χ0n) is 9.72. The van der Waals surface area contributed by atoms with Gasteiger partial charge in [0, 0.05) is 13.0 Å². The summed E-state index contributed by atoms with van der Waals surface area (Å²) in [6.07, 6.45) is -0.831. The molecule has 2 atom stereocenters. The van der Waals surface area contributed by atoms with E-state index in [2.05, 4.69) is 0 Å². The van der Waals surface area contributed by atoms with E-state index in [9.17, 15) is 14.7 Å². The Morgan fingerprint density at radius 3 is 2.63 bits per heavy atom. The summed E-state index contributed by atoms with van der Waals surface area (Å²) in [5.41, 5.74) is 0.134. The summed E-state index contributed by atoms with van der Waals surface area (Å²) in [6, 6.07) is 3.52. The first kappa shape index (κ1) is 14.1. The van der Waals surface area contributed by atoms with E-state index in [0.29, 0.717) is 0 Å². The van der Waals surface area contributed by atoms with Gasteiger partial charge in [-0.05, 0) is 12.1 Å². The van der Waals surface area contributed by atoms with Crippen LogP contribution >= 0.6 is 23.2 Å². The smallest absolute Gasteiger partial charge is 0.326 e. The highest BCUT2D eigenvalue weighted by molar-refractivity contribution is 6.43. The maximum absolute atomic E-state index is 12.3. The number of aliphatic carboxylic acids is 1. The molecule has 2 N–H and O–H groups in total. The number of carbonyl (C=O) groups is 2. The number of carboxylic acids is 1. The zero-order chi connectivity index (χ0) is 14.2. The van der Waals surface area contributed by atoms with Gasteiger partial charge in [0.25, 0.3) is 5.91 Å². The van der Waals surface area contributed by atoms with E-state index in [1.807, 2.05) is 0 Å². The van der Waals surface area contributed by atoms with Gasteiger partial charge in [-0.25, -0.2) is 4.79 Å². The van der Waals surface area contributed by atoms with Gasteiger partial charge in [-0.15, -0.1) is 0 Å². The third-order valence-electron chi connectivity index (χ3n) is 3.01. The fraction of sp³-hybridized carbons (Fsp3) is 0.333. The van der Waals surface area contributed by atoms with Gasteiger partial charge in [0.15, 0.2) is 0 Å². The Labute approximate surface area is 119 Å². The number of halogens is 2. The summed E-state index contributed by atoms with van der Waals surface area (Å²) < 4.78 is 0. The number of rotatable bonds is 2. The largest absolute Gasteiger partial charge is 0.480 e. The van der Waals surface area contributed by atoms with Crippen LogP contribution in [0.5, 0.6) is 0 Å². The number of β-amino-alcohol motifs (C(OH)–C–C–N with tert-alkyl or cyclic N) is 1. The van der Waals surface area contributed by atoms with Gasteiger partial charge in [-0.1, -0.05) is 29.3 Å². The molecule has 102 valence electrons. The minimum Gasteiger partial charge on any atom is -0.480 e. The molecule has 1 heterocycles. The van der Waals surface area contributed by atoms with Crippen LogP contribution in [0.1, 0.15) is 16.8 Å². The van der Waals surface area contributed by atoms with Gasteiger partial charge in [0.2, 0.25) is 0 Å². The molecular weight excluding hydrogens is 293 g/mol. The number of aliphatic hydroxyl groups is 1. The quantitative estimate of drug-likeness (QED) is 0.871. The Balaban J connectivity index is 2.33. The number of carbonyl (C=O) groups excluding carboxylic acids is 1. The van der Waals surface area contributed by atoms with Crippen LogP contribution in [0.15, 0.2) is 18.2 Å². The Kier molecular flexibility index (Phi) is 3.99. The average molecular weight is 304 g/mol. The normalized spacial score (nSPS) is 22.6. The maximum atomic E-state index is 12.3. The molecule has 0 aromatic heterocycles. The molecule has 1 aliphatic heterocycles. The third-order valence-corrected chi connectivity index (χ3v) is 3.83. The van der Waals surface area contributed by atoms with Crippen molar-refractivity contribution >= 4 is 35.1 Å². The highest BCUT2D eigenvalue weighted by Crippen LogP contribution is 2.29. The van der Waals surface area contributed by atoms with Gasteiger partial charge < -0.3 is 15.1 Å². The molecule has 0 spiro atoms. The van der Waals surface area contributed by atoms with E-state index in [0.717, 1.165) is 4.90 Å². The summed E-state index contributed by atoms with van der Waals surface area (Å²) >= 11 is 11.8. The number of likely N-dealkylation sites (tertiary alicyclic amines) is 1. The molecule has 0 aliphatic carbocycles. The molecule has 2 rings (SSSR count). The summed E-state index contributed by atoms with van der Waals surface area (Å²) in [5, 5.41) is 18.9. The number of hydrogen-bond acceptors (Lipinski definition) is 3. The van der Waals surface area contributed by atoms with E-state index in [-0.39, 0.29) is 28.6 Å². The van der Waals surface area contributed by atoms with E-state index in [1.165, 1.54) is 12.1 Å². The van der Waals surface area contributed by atoms with Crippen molar-refractivity contribution in [3.63, 3.8) is 0 Å². The third kappa shape index (κ3) is 2.68. The summed E-state index contributed by atoms with van der Waals surface area (Å²) in [5.74, 6) is -1.69. The Morgan fingerprint density at radius 2 is 2.00 bits per heavy atom. The minimum absolute atomic E-state index is 0.0132. The molecule has 1 aliphatic rings. The molecular formula is C12H11Cl2NO4. The first-order valence-corrected chi connectivity index (χ1v) is 6.33. The lowest BCUT2D eigenvalue weighted by molar-refractivity contribution is -0.141. The van der Waals surface area contributed by atoms with Crippen LogP contribution in [0.25, 0.3) is 0 Å². The summed E-state index contributed by atoms with van der Waals surface area (Å²) in [4.78, 5) is 24.5. The van der Waals surface area contributed by atoms with Crippen molar-refractivity contribution in [1.29, 1.82) is 0 Å². The van der Waals surface area contributed by atoms with Crippen molar-refractivity contribution in [2.45, 2.75) is 18.6 Å². The first-order chi connectivity index (χ1) is 8.91. The van der Waals surface area contributed by atoms with Crippen molar-refractivity contribution in [1.82, 2.24) is 4.90 Å². The first-order valence-electron chi connectivity index (χ1n) is 5.57. The lowest BCUT2D eigenvalue weighted by Gasteiger charge is -2.21. The second-order valence-electron chi connectivity index (χ2n) is 4.30. The highest BCUT2D eigenvalue weighted by Gasteiger charge is 2.39. The number of aliphatic hydroxyl groups excluding tert-OH is 1. The van der Waals surface area contributed by atoms with Crippen LogP contribution in [0.2, 0.25) is 10.0 Å². The molecule has 19 heavy (non-hydrogen) atoms. The summed E-state index contributed by atoms with van der Waals surface area (Å²) in [6.45, 7) is -0.0291. The monoisotopic (exact) mass is 303 g/mol. The van der Waals surface area contributed by atoms with Gasteiger partial charge in [0.1, 0.15) is 6.04 Å². The van der Waals surface area contributed by atoms with E-state index >= 15 is 0 Å². The molecule has 1 aromatic rings. The molecule has 7 heteroatoms. The van der Waals surface area contributed by atoms with Crippen LogP contribution in [0, 0.1) is 0 Å². The predicted molar refractivity (Wildman–Crippen MR) is 69.5 cm³/mol. The fourth-order valence-electron chi connectivity index (χ4n) is 2.10. The van der Waals surface area contributed by atoms with Gasteiger partial charge in [-0.2, -0.15) is 0 Å². The summed E-state index contributed by atoms with van der Waals surface area (Å²) in [7, 11) is 0. The van der Waals surface area contributed by atoms with E-state index in [1.54, 1.807) is 6.07 Å². The number of hydrogen-bond donors (Lipinski definition) is 2. The lowest BCUT2D eigenvalue weighted by Crippen LogP contribution is -2.40. The Bertz CT molecular complexity index is 534.